The van der Waals surface area contributed by atoms with Gasteiger partial charge in [-0.05, 0) is 37.1 Å². The smallest absolute Gasteiger partial charge is 0.269 e. The summed E-state index contributed by atoms with van der Waals surface area (Å²) in [7, 11) is 1.83. The van der Waals surface area contributed by atoms with E-state index in [1.165, 1.54) is 12.4 Å². The van der Waals surface area contributed by atoms with E-state index >= 15 is 0 Å². The number of carbonyl (C=O) groups excluding carboxylic acids is 1. The molecule has 0 saturated carbocycles. The molecule has 0 atom stereocenters. The van der Waals surface area contributed by atoms with E-state index in [4.69, 9.17) is 16.4 Å². The molecule has 4 aromatic rings. The Kier molecular flexibility index (Phi) is 6.61. The van der Waals surface area contributed by atoms with Gasteiger partial charge in [-0.3, -0.25) is 4.79 Å². The van der Waals surface area contributed by atoms with Crippen molar-refractivity contribution in [1.29, 1.82) is 0 Å². The number of fused-ring (bicyclic) bond motifs is 1. The van der Waals surface area contributed by atoms with Crippen molar-refractivity contribution in [3.8, 4) is 11.6 Å². The third-order valence-corrected chi connectivity index (χ3v) is 4.93. The molecule has 4 aromatic heterocycles. The molecule has 0 bridgehead atoms. The van der Waals surface area contributed by atoms with Gasteiger partial charge >= 0.3 is 0 Å². The SMILES string of the molecule is [C-]#[N+]c1cc(C)c(Oc2cc(Nc3ccc(C(=O)NCCCO)cn3)c3ncn(C)c3n2)cn1. The fraction of sp³-hybridized carbons (Fsp3) is 0.217. The molecular formula is C23H22N8O3. The van der Waals surface area contributed by atoms with E-state index in [0.717, 1.165) is 5.56 Å². The van der Waals surface area contributed by atoms with Crippen LogP contribution in [0.25, 0.3) is 16.0 Å². The lowest BCUT2D eigenvalue weighted by Gasteiger charge is -2.11. The number of carbonyl (C=O) groups is 1. The molecule has 172 valence electrons. The van der Waals surface area contributed by atoms with Crippen molar-refractivity contribution >= 4 is 34.4 Å². The number of amides is 1. The number of aliphatic hydroxyl groups excluding tert-OH is 1. The standard InChI is InChI=1S/C23H22N8O3/c1-14-9-19(24-2)27-12-17(14)34-20-10-16(21-22(30-20)31(3)13-28-21)29-18-6-5-15(11-26-18)23(33)25-7-4-8-32/h5-6,9-13,32H,4,7-8H2,1,3H3,(H,25,33)(H,26,29,30). The number of hydrogen-bond acceptors (Lipinski definition) is 8. The van der Waals surface area contributed by atoms with Crippen LogP contribution in [0.5, 0.6) is 11.6 Å². The number of aliphatic hydroxyl groups is 1. The molecule has 3 N–H and O–H groups in total. The fourth-order valence-electron chi connectivity index (χ4n) is 3.15. The summed E-state index contributed by atoms with van der Waals surface area (Å²) in [4.78, 5) is 32.8. The van der Waals surface area contributed by atoms with Crippen LogP contribution in [0.4, 0.5) is 17.3 Å². The van der Waals surface area contributed by atoms with Crippen LogP contribution in [0, 0.1) is 13.5 Å². The highest BCUT2D eigenvalue weighted by Crippen LogP contribution is 2.31. The monoisotopic (exact) mass is 458 g/mol. The Labute approximate surface area is 195 Å². The number of anilines is 2. The molecular weight excluding hydrogens is 436 g/mol. The molecule has 0 unspecified atom stereocenters. The number of aromatic nitrogens is 5. The summed E-state index contributed by atoms with van der Waals surface area (Å²) in [5.41, 5.74) is 3.02. The molecule has 1 amide bonds. The summed E-state index contributed by atoms with van der Waals surface area (Å²) in [5, 5.41) is 14.8. The zero-order valence-electron chi connectivity index (χ0n) is 18.6. The first-order chi connectivity index (χ1) is 16.5. The summed E-state index contributed by atoms with van der Waals surface area (Å²) in [6, 6.07) is 6.70. The summed E-state index contributed by atoms with van der Waals surface area (Å²) in [5.74, 6) is 1.35. The van der Waals surface area contributed by atoms with Gasteiger partial charge in [0.1, 0.15) is 11.3 Å². The summed E-state index contributed by atoms with van der Waals surface area (Å²) in [6.45, 7) is 9.33. The Morgan fingerprint density at radius 1 is 1.24 bits per heavy atom. The molecule has 0 radical (unpaired) electrons. The lowest BCUT2D eigenvalue weighted by molar-refractivity contribution is 0.0951. The zero-order chi connectivity index (χ0) is 24.1. The van der Waals surface area contributed by atoms with Crippen LogP contribution in [0.3, 0.4) is 0 Å². The minimum absolute atomic E-state index is 0.0173. The van der Waals surface area contributed by atoms with Crippen LogP contribution in [-0.2, 0) is 7.05 Å². The first kappa shape index (κ1) is 22.6. The van der Waals surface area contributed by atoms with Gasteiger partial charge in [0.25, 0.3) is 11.7 Å². The van der Waals surface area contributed by atoms with Crippen molar-refractivity contribution < 1.29 is 14.6 Å². The van der Waals surface area contributed by atoms with E-state index in [1.54, 1.807) is 35.2 Å². The van der Waals surface area contributed by atoms with Crippen LogP contribution < -0.4 is 15.4 Å². The quantitative estimate of drug-likeness (QED) is 0.271. The van der Waals surface area contributed by atoms with E-state index < -0.39 is 0 Å². The van der Waals surface area contributed by atoms with E-state index in [-0.39, 0.29) is 12.5 Å². The Bertz CT molecular complexity index is 1380. The predicted molar refractivity (Wildman–Crippen MR) is 125 cm³/mol. The van der Waals surface area contributed by atoms with Gasteiger partial charge in [0.05, 0.1) is 17.6 Å². The van der Waals surface area contributed by atoms with Crippen LogP contribution in [-0.4, -0.2) is 48.7 Å². The van der Waals surface area contributed by atoms with Crippen molar-refractivity contribution in [1.82, 2.24) is 29.8 Å². The van der Waals surface area contributed by atoms with E-state index in [1.807, 2.05) is 14.0 Å². The first-order valence-corrected chi connectivity index (χ1v) is 10.4. The lowest BCUT2D eigenvalue weighted by Crippen LogP contribution is -2.25. The Hall–Kier alpha value is -4.56. The van der Waals surface area contributed by atoms with Gasteiger partial charge in [-0.15, -0.1) is 4.98 Å². The maximum Gasteiger partial charge on any atom is 0.269 e. The molecule has 4 heterocycles. The largest absolute Gasteiger partial charge is 0.435 e. The van der Waals surface area contributed by atoms with Gasteiger partial charge < -0.3 is 29.9 Å². The second-order valence-corrected chi connectivity index (χ2v) is 7.45. The van der Waals surface area contributed by atoms with Crippen molar-refractivity contribution in [2.24, 2.45) is 7.05 Å². The zero-order valence-corrected chi connectivity index (χ0v) is 18.6. The normalized spacial score (nSPS) is 10.6. The van der Waals surface area contributed by atoms with E-state index in [0.29, 0.717) is 58.6 Å². The number of ether oxygens (including phenoxy) is 1. The Balaban J connectivity index is 1.59. The van der Waals surface area contributed by atoms with Gasteiger partial charge in [0, 0.05) is 32.5 Å². The van der Waals surface area contributed by atoms with Gasteiger partial charge in [-0.2, -0.15) is 4.98 Å². The third kappa shape index (κ3) is 4.92. The number of pyridine rings is 3. The second-order valence-electron chi connectivity index (χ2n) is 7.45. The molecule has 0 spiro atoms. The minimum atomic E-state index is -0.257. The van der Waals surface area contributed by atoms with Crippen LogP contribution >= 0.6 is 0 Å². The summed E-state index contributed by atoms with van der Waals surface area (Å²) >= 11 is 0. The van der Waals surface area contributed by atoms with Crippen LogP contribution in [0.15, 0.2) is 43.0 Å². The number of nitrogens with zero attached hydrogens (tertiary/aromatic N) is 6. The first-order valence-electron chi connectivity index (χ1n) is 10.4. The van der Waals surface area contributed by atoms with Gasteiger partial charge in [-0.25, -0.2) is 9.97 Å². The predicted octanol–water partition coefficient (Wildman–Crippen LogP) is 3.27. The maximum absolute atomic E-state index is 12.1. The number of nitrogens with one attached hydrogen (secondary N) is 2. The molecule has 0 aromatic carbocycles. The average Bonchev–Trinajstić information content (AvgIpc) is 3.22. The van der Waals surface area contributed by atoms with Crippen LogP contribution in [0.2, 0.25) is 0 Å². The summed E-state index contributed by atoms with van der Waals surface area (Å²) in [6.07, 6.45) is 5.11. The maximum atomic E-state index is 12.1. The highest BCUT2D eigenvalue weighted by molar-refractivity contribution is 5.94. The highest BCUT2D eigenvalue weighted by Gasteiger charge is 2.15. The third-order valence-electron chi connectivity index (χ3n) is 4.93. The number of aryl methyl sites for hydroxylation is 2. The number of imidazole rings is 1. The fourth-order valence-corrected chi connectivity index (χ4v) is 3.15. The molecule has 34 heavy (non-hydrogen) atoms. The molecule has 0 saturated heterocycles. The van der Waals surface area contributed by atoms with E-state index in [2.05, 4.69) is 35.4 Å². The van der Waals surface area contributed by atoms with Crippen LogP contribution in [0.1, 0.15) is 22.3 Å². The van der Waals surface area contributed by atoms with Gasteiger partial charge in [0.2, 0.25) is 5.88 Å². The lowest BCUT2D eigenvalue weighted by atomic mass is 10.2. The Morgan fingerprint density at radius 2 is 2.09 bits per heavy atom. The molecule has 0 aliphatic rings. The van der Waals surface area contributed by atoms with Crippen molar-refractivity contribution in [3.63, 3.8) is 0 Å². The van der Waals surface area contributed by atoms with Crippen molar-refractivity contribution in [2.45, 2.75) is 13.3 Å². The second kappa shape index (κ2) is 9.93. The molecule has 0 aliphatic carbocycles. The molecule has 0 aliphatic heterocycles. The van der Waals surface area contributed by atoms with E-state index in [9.17, 15) is 4.79 Å². The van der Waals surface area contributed by atoms with Crippen molar-refractivity contribution in [2.75, 3.05) is 18.5 Å². The minimum Gasteiger partial charge on any atom is -0.435 e. The topological polar surface area (TPSA) is 131 Å². The molecule has 4 rings (SSSR count). The van der Waals surface area contributed by atoms with Gasteiger partial charge in [0.15, 0.2) is 17.6 Å². The average molecular weight is 458 g/mol. The molecule has 11 heteroatoms. The van der Waals surface area contributed by atoms with Crippen molar-refractivity contribution in [3.05, 3.63) is 65.5 Å². The summed E-state index contributed by atoms with van der Waals surface area (Å²) < 4.78 is 7.74. The number of hydrogen-bond donors (Lipinski definition) is 3. The van der Waals surface area contributed by atoms with Gasteiger partial charge in [-0.1, -0.05) is 6.57 Å². The number of rotatable bonds is 8. The Morgan fingerprint density at radius 3 is 2.79 bits per heavy atom. The molecule has 11 nitrogen and oxygen atoms in total. The molecule has 0 fully saturated rings. The highest BCUT2D eigenvalue weighted by atomic mass is 16.5.